The molecule has 0 atom stereocenters. The summed E-state index contributed by atoms with van der Waals surface area (Å²) in [6, 6.07) is 0. The minimum Gasteiger partial charge on any atom is -0.481 e. The van der Waals surface area contributed by atoms with Gasteiger partial charge < -0.3 is 5.11 Å². The Labute approximate surface area is 78.1 Å². The molecule has 0 rings (SSSR count). The predicted octanol–water partition coefficient (Wildman–Crippen LogP) is 1.89. The molecule has 0 saturated carbocycles. The third kappa shape index (κ3) is 9.78. The molecule has 0 aromatic heterocycles. The van der Waals surface area contributed by atoms with Crippen molar-refractivity contribution in [2.24, 2.45) is 0 Å². The quantitative estimate of drug-likeness (QED) is 0.454. The largest absolute Gasteiger partial charge is 0.481 e. The van der Waals surface area contributed by atoms with Gasteiger partial charge in [0, 0.05) is 13.0 Å². The molecule has 0 aliphatic carbocycles. The van der Waals surface area contributed by atoms with Gasteiger partial charge in [-0.1, -0.05) is 24.8 Å². The first-order valence-corrected chi connectivity index (χ1v) is 5.47. The third-order valence-corrected chi connectivity index (χ3v) is 2.06. The molecule has 0 amide bonds. The summed E-state index contributed by atoms with van der Waals surface area (Å²) in [6.07, 6.45) is 6.43. The maximum absolute atomic E-state index is 10.1. The van der Waals surface area contributed by atoms with E-state index in [-0.39, 0.29) is 0 Å². The van der Waals surface area contributed by atoms with Crippen LogP contribution < -0.4 is 4.72 Å². The minimum atomic E-state index is -0.683. The van der Waals surface area contributed by atoms with Crippen molar-refractivity contribution in [1.29, 1.82) is 0 Å². The van der Waals surface area contributed by atoms with Gasteiger partial charge in [-0.25, -0.2) is 0 Å². The first-order chi connectivity index (χ1) is 5.77. The van der Waals surface area contributed by atoms with Crippen LogP contribution in [0.1, 0.15) is 32.1 Å². The van der Waals surface area contributed by atoms with Crippen molar-refractivity contribution in [1.82, 2.24) is 4.72 Å². The Morgan fingerprint density at radius 2 is 2.00 bits per heavy atom. The highest BCUT2D eigenvalue weighted by atomic mass is 32.2. The van der Waals surface area contributed by atoms with E-state index in [0.29, 0.717) is 6.42 Å². The van der Waals surface area contributed by atoms with Crippen molar-refractivity contribution in [2.45, 2.75) is 32.1 Å². The van der Waals surface area contributed by atoms with Gasteiger partial charge in [-0.15, -0.1) is 0 Å². The Balaban J connectivity index is 2.86. The average molecular weight is 191 g/mol. The maximum atomic E-state index is 10.1. The fraction of sp³-hybridized carbons (Fsp3) is 0.875. The van der Waals surface area contributed by atoms with Gasteiger partial charge in [-0.3, -0.25) is 9.52 Å². The van der Waals surface area contributed by atoms with Crippen LogP contribution in [0.25, 0.3) is 0 Å². The van der Waals surface area contributed by atoms with Gasteiger partial charge in [0.05, 0.1) is 0 Å². The number of carboxylic acids is 1. The van der Waals surface area contributed by atoms with Gasteiger partial charge in [0.1, 0.15) is 0 Å². The van der Waals surface area contributed by atoms with Crippen LogP contribution in [-0.2, 0) is 4.79 Å². The van der Waals surface area contributed by atoms with E-state index in [1.54, 1.807) is 11.9 Å². The van der Waals surface area contributed by atoms with Crippen molar-refractivity contribution in [2.75, 3.05) is 12.8 Å². The molecular weight excluding hydrogens is 174 g/mol. The van der Waals surface area contributed by atoms with Crippen molar-refractivity contribution >= 4 is 17.9 Å². The summed E-state index contributed by atoms with van der Waals surface area (Å²) >= 11 is 1.63. The van der Waals surface area contributed by atoms with Gasteiger partial charge >= 0.3 is 5.97 Å². The molecule has 12 heavy (non-hydrogen) atoms. The Kier molecular flexibility index (Phi) is 8.71. The highest BCUT2D eigenvalue weighted by molar-refractivity contribution is 7.96. The summed E-state index contributed by atoms with van der Waals surface area (Å²) in [5.74, 6) is -0.683. The summed E-state index contributed by atoms with van der Waals surface area (Å²) in [4.78, 5) is 10.1. The summed E-state index contributed by atoms with van der Waals surface area (Å²) in [5, 5.41) is 8.34. The number of unbranched alkanes of at least 4 members (excludes halogenated alkanes) is 3. The van der Waals surface area contributed by atoms with E-state index in [0.717, 1.165) is 32.2 Å². The zero-order valence-electron chi connectivity index (χ0n) is 7.51. The number of aliphatic carboxylic acids is 1. The molecule has 72 valence electrons. The second kappa shape index (κ2) is 8.87. The van der Waals surface area contributed by atoms with E-state index in [9.17, 15) is 4.79 Å². The first-order valence-electron chi connectivity index (χ1n) is 4.25. The molecule has 0 aliphatic heterocycles. The van der Waals surface area contributed by atoms with E-state index >= 15 is 0 Å². The Morgan fingerprint density at radius 3 is 2.58 bits per heavy atom. The topological polar surface area (TPSA) is 49.3 Å². The standard InChI is InChI=1S/C8H17NO2S/c1-12-9-7-5-3-2-4-6-8(10)11/h9H,2-7H2,1H3,(H,10,11). The lowest BCUT2D eigenvalue weighted by Gasteiger charge is -1.99. The van der Waals surface area contributed by atoms with Crippen LogP contribution >= 0.6 is 11.9 Å². The van der Waals surface area contributed by atoms with Crippen LogP contribution in [0.2, 0.25) is 0 Å². The molecule has 0 fully saturated rings. The second-order valence-electron chi connectivity index (χ2n) is 2.66. The smallest absolute Gasteiger partial charge is 0.303 e. The van der Waals surface area contributed by atoms with Crippen molar-refractivity contribution in [3.63, 3.8) is 0 Å². The maximum Gasteiger partial charge on any atom is 0.303 e. The van der Waals surface area contributed by atoms with Crippen LogP contribution in [0.15, 0.2) is 0 Å². The lowest BCUT2D eigenvalue weighted by atomic mass is 10.1. The molecule has 0 saturated heterocycles. The van der Waals surface area contributed by atoms with E-state index in [1.807, 2.05) is 6.26 Å². The molecule has 0 aromatic rings. The Hall–Kier alpha value is -0.220. The number of rotatable bonds is 8. The van der Waals surface area contributed by atoms with Gasteiger partial charge in [-0.05, 0) is 19.1 Å². The van der Waals surface area contributed by atoms with E-state index in [1.165, 1.54) is 0 Å². The zero-order chi connectivity index (χ0) is 9.23. The summed E-state index contributed by atoms with van der Waals surface area (Å²) < 4.78 is 3.15. The lowest BCUT2D eigenvalue weighted by molar-refractivity contribution is -0.137. The van der Waals surface area contributed by atoms with Gasteiger partial charge in [0.15, 0.2) is 0 Å². The average Bonchev–Trinajstić information content (AvgIpc) is 2.02. The molecule has 0 unspecified atom stereocenters. The van der Waals surface area contributed by atoms with E-state index < -0.39 is 5.97 Å². The number of hydrogen-bond donors (Lipinski definition) is 2. The SMILES string of the molecule is CSNCCCCCCC(=O)O. The fourth-order valence-electron chi connectivity index (χ4n) is 0.929. The molecule has 0 heterocycles. The molecule has 0 aliphatic rings. The molecule has 2 N–H and O–H groups in total. The second-order valence-corrected chi connectivity index (χ2v) is 3.35. The monoisotopic (exact) mass is 191 g/mol. The molecule has 0 spiro atoms. The summed E-state index contributed by atoms with van der Waals surface area (Å²) in [6.45, 7) is 1.02. The van der Waals surface area contributed by atoms with Gasteiger partial charge in [-0.2, -0.15) is 0 Å². The van der Waals surface area contributed by atoms with Crippen LogP contribution in [0, 0.1) is 0 Å². The number of carbonyl (C=O) groups is 1. The van der Waals surface area contributed by atoms with E-state index in [2.05, 4.69) is 4.72 Å². The van der Waals surface area contributed by atoms with Crippen LogP contribution in [-0.4, -0.2) is 23.9 Å². The Bertz CT molecular complexity index is 120. The van der Waals surface area contributed by atoms with Crippen LogP contribution in [0.4, 0.5) is 0 Å². The van der Waals surface area contributed by atoms with Crippen molar-refractivity contribution in [3.05, 3.63) is 0 Å². The Morgan fingerprint density at radius 1 is 1.33 bits per heavy atom. The molecular formula is C8H17NO2S. The molecule has 0 aromatic carbocycles. The fourth-order valence-corrected chi connectivity index (χ4v) is 1.28. The van der Waals surface area contributed by atoms with Crippen molar-refractivity contribution < 1.29 is 9.90 Å². The van der Waals surface area contributed by atoms with Crippen molar-refractivity contribution in [3.8, 4) is 0 Å². The van der Waals surface area contributed by atoms with E-state index in [4.69, 9.17) is 5.11 Å². The highest BCUT2D eigenvalue weighted by Crippen LogP contribution is 2.02. The summed E-state index contributed by atoms with van der Waals surface area (Å²) in [7, 11) is 0. The van der Waals surface area contributed by atoms with Gasteiger partial charge in [0.25, 0.3) is 0 Å². The molecule has 4 heteroatoms. The minimum absolute atomic E-state index is 0.315. The highest BCUT2D eigenvalue weighted by Gasteiger charge is 1.95. The number of hydrogen-bond acceptors (Lipinski definition) is 3. The third-order valence-electron chi connectivity index (χ3n) is 1.56. The lowest BCUT2D eigenvalue weighted by Crippen LogP contribution is -2.04. The zero-order valence-corrected chi connectivity index (χ0v) is 8.32. The van der Waals surface area contributed by atoms with Crippen LogP contribution in [0.5, 0.6) is 0 Å². The number of carboxylic acid groups (broad SMARTS) is 1. The number of nitrogens with one attached hydrogen (secondary N) is 1. The molecule has 3 nitrogen and oxygen atoms in total. The first kappa shape index (κ1) is 11.8. The normalized spacial score (nSPS) is 10.1. The van der Waals surface area contributed by atoms with Crippen LogP contribution in [0.3, 0.4) is 0 Å². The molecule has 0 bridgehead atoms. The summed E-state index contributed by atoms with van der Waals surface area (Å²) in [5.41, 5.74) is 0. The predicted molar refractivity (Wildman–Crippen MR) is 52.2 cm³/mol. The molecule has 0 radical (unpaired) electrons. The van der Waals surface area contributed by atoms with Gasteiger partial charge in [0.2, 0.25) is 0 Å².